The summed E-state index contributed by atoms with van der Waals surface area (Å²) in [5, 5.41) is 9.66. The van der Waals surface area contributed by atoms with Crippen LogP contribution in [0.3, 0.4) is 0 Å². The first-order valence-corrected chi connectivity index (χ1v) is 14.2. The smallest absolute Gasteiger partial charge is 0.225 e. The average Bonchev–Trinajstić information content (AvgIpc) is 3.42. The predicted octanol–water partition coefficient (Wildman–Crippen LogP) is 6.06. The summed E-state index contributed by atoms with van der Waals surface area (Å²) in [5.74, 6) is 0.727. The van der Waals surface area contributed by atoms with E-state index in [9.17, 15) is 0 Å². The number of hydrogen-bond donors (Lipinski definition) is 1. The van der Waals surface area contributed by atoms with Crippen LogP contribution in [0.2, 0.25) is 5.28 Å². The van der Waals surface area contributed by atoms with Crippen LogP contribution in [0.1, 0.15) is 30.9 Å². The Morgan fingerprint density at radius 3 is 2.62 bits per heavy atom. The van der Waals surface area contributed by atoms with E-state index in [0.29, 0.717) is 17.4 Å². The van der Waals surface area contributed by atoms with Crippen molar-refractivity contribution in [1.29, 1.82) is 0 Å². The molecule has 1 aliphatic heterocycles. The van der Waals surface area contributed by atoms with Gasteiger partial charge in [-0.15, -0.1) is 0 Å². The number of nitrogens with zero attached hydrogens (tertiary/aromatic N) is 5. The van der Waals surface area contributed by atoms with Gasteiger partial charge in [-0.2, -0.15) is 9.78 Å². The number of piperidine rings is 1. The SMILES string of the molecule is CC(Oc1ccccc1-n1ncnc1Cl)N1CCC(NCc2ccnc3ccccc23)CC1Cc1ccccc1. The number of rotatable bonds is 9. The van der Waals surface area contributed by atoms with Crippen molar-refractivity contribution in [1.82, 2.24) is 30.0 Å². The van der Waals surface area contributed by atoms with E-state index in [1.807, 2.05) is 36.5 Å². The fourth-order valence-electron chi connectivity index (χ4n) is 5.76. The maximum atomic E-state index is 6.60. The highest BCUT2D eigenvalue weighted by Gasteiger charge is 2.32. The summed E-state index contributed by atoms with van der Waals surface area (Å²) < 4.78 is 8.20. The lowest BCUT2D eigenvalue weighted by molar-refractivity contribution is -0.0181. The number of aromatic nitrogens is 4. The van der Waals surface area contributed by atoms with Crippen LogP contribution in [-0.4, -0.2) is 49.5 Å². The number of nitrogens with one attached hydrogen (secondary N) is 1. The monoisotopic (exact) mass is 552 g/mol. The molecule has 3 aromatic carbocycles. The van der Waals surface area contributed by atoms with Crippen molar-refractivity contribution in [2.24, 2.45) is 0 Å². The molecular weight excluding hydrogens is 520 g/mol. The third-order valence-electron chi connectivity index (χ3n) is 7.76. The second kappa shape index (κ2) is 12.2. The lowest BCUT2D eigenvalue weighted by atomic mass is 9.91. The third-order valence-corrected chi connectivity index (χ3v) is 8.02. The second-order valence-electron chi connectivity index (χ2n) is 10.3. The summed E-state index contributed by atoms with van der Waals surface area (Å²) in [5.41, 5.74) is 4.43. The molecule has 204 valence electrons. The van der Waals surface area contributed by atoms with E-state index in [4.69, 9.17) is 16.3 Å². The number of pyridine rings is 1. The van der Waals surface area contributed by atoms with Crippen LogP contribution in [0.4, 0.5) is 0 Å². The van der Waals surface area contributed by atoms with Gasteiger partial charge in [-0.05, 0) is 73.2 Å². The molecule has 1 N–H and O–H groups in total. The van der Waals surface area contributed by atoms with Gasteiger partial charge in [-0.25, -0.2) is 4.98 Å². The van der Waals surface area contributed by atoms with E-state index in [1.54, 1.807) is 4.68 Å². The highest BCUT2D eigenvalue weighted by molar-refractivity contribution is 6.28. The lowest BCUT2D eigenvalue weighted by Crippen LogP contribution is -2.54. The van der Waals surface area contributed by atoms with E-state index >= 15 is 0 Å². The van der Waals surface area contributed by atoms with Gasteiger partial charge in [0, 0.05) is 36.8 Å². The van der Waals surface area contributed by atoms with Gasteiger partial charge in [0.05, 0.1) is 5.52 Å². The Bertz CT molecular complexity index is 1550. The first-order valence-electron chi connectivity index (χ1n) is 13.8. The zero-order valence-electron chi connectivity index (χ0n) is 22.5. The highest BCUT2D eigenvalue weighted by atomic mass is 35.5. The summed E-state index contributed by atoms with van der Waals surface area (Å²) in [6, 6.07) is 29.8. The molecule has 8 heteroatoms. The van der Waals surface area contributed by atoms with E-state index in [2.05, 4.69) is 86.8 Å². The van der Waals surface area contributed by atoms with Gasteiger partial charge in [0.1, 0.15) is 24.0 Å². The molecule has 5 aromatic rings. The molecule has 0 amide bonds. The zero-order chi connectivity index (χ0) is 27.3. The minimum absolute atomic E-state index is 0.137. The molecule has 3 unspecified atom stereocenters. The summed E-state index contributed by atoms with van der Waals surface area (Å²) in [6.07, 6.45) is 6.25. The molecule has 1 saturated heterocycles. The third kappa shape index (κ3) is 5.87. The maximum absolute atomic E-state index is 6.60. The van der Waals surface area contributed by atoms with Crippen molar-refractivity contribution in [3.63, 3.8) is 0 Å². The summed E-state index contributed by atoms with van der Waals surface area (Å²) in [4.78, 5) is 11.1. The highest BCUT2D eigenvalue weighted by Crippen LogP contribution is 2.29. The van der Waals surface area contributed by atoms with E-state index in [1.165, 1.54) is 22.8 Å². The summed E-state index contributed by atoms with van der Waals surface area (Å²) in [7, 11) is 0. The Labute approximate surface area is 239 Å². The van der Waals surface area contributed by atoms with E-state index in [0.717, 1.165) is 49.3 Å². The molecule has 40 heavy (non-hydrogen) atoms. The van der Waals surface area contributed by atoms with Crippen LogP contribution >= 0.6 is 11.6 Å². The van der Waals surface area contributed by atoms with Crippen LogP contribution in [0.15, 0.2) is 97.5 Å². The number of hydrogen-bond acceptors (Lipinski definition) is 6. The molecule has 0 bridgehead atoms. The molecule has 7 nitrogen and oxygen atoms in total. The van der Waals surface area contributed by atoms with Gasteiger partial charge in [-0.1, -0.05) is 60.7 Å². The van der Waals surface area contributed by atoms with Crippen LogP contribution in [0.25, 0.3) is 16.6 Å². The molecule has 0 radical (unpaired) electrons. The molecule has 6 rings (SSSR count). The lowest BCUT2D eigenvalue weighted by Gasteiger charge is -2.43. The fraction of sp³-hybridized carbons (Fsp3) is 0.281. The predicted molar refractivity (Wildman–Crippen MR) is 159 cm³/mol. The van der Waals surface area contributed by atoms with Gasteiger partial charge >= 0.3 is 0 Å². The Morgan fingerprint density at radius 1 is 0.975 bits per heavy atom. The van der Waals surface area contributed by atoms with E-state index in [-0.39, 0.29) is 6.23 Å². The summed E-state index contributed by atoms with van der Waals surface area (Å²) >= 11 is 6.28. The quantitative estimate of drug-likeness (QED) is 0.240. The minimum atomic E-state index is -0.137. The summed E-state index contributed by atoms with van der Waals surface area (Å²) in [6.45, 7) is 3.89. The minimum Gasteiger partial charge on any atom is -0.473 e. The largest absolute Gasteiger partial charge is 0.473 e. The van der Waals surface area contributed by atoms with Gasteiger partial charge in [0.25, 0.3) is 0 Å². The molecule has 2 aromatic heterocycles. The number of likely N-dealkylation sites (tertiary alicyclic amines) is 1. The zero-order valence-corrected chi connectivity index (χ0v) is 23.3. The maximum Gasteiger partial charge on any atom is 0.225 e. The molecule has 0 spiro atoms. The van der Waals surface area contributed by atoms with Crippen LogP contribution in [-0.2, 0) is 13.0 Å². The molecule has 3 heterocycles. The number of fused-ring (bicyclic) bond motifs is 1. The molecule has 3 atom stereocenters. The number of ether oxygens (including phenoxy) is 1. The van der Waals surface area contributed by atoms with Crippen molar-refractivity contribution in [3.8, 4) is 11.4 Å². The second-order valence-corrected chi connectivity index (χ2v) is 10.6. The van der Waals surface area contributed by atoms with Crippen molar-refractivity contribution >= 4 is 22.5 Å². The van der Waals surface area contributed by atoms with Crippen LogP contribution < -0.4 is 10.1 Å². The molecule has 1 aliphatic rings. The number of halogens is 1. The molecule has 1 fully saturated rings. The number of benzene rings is 3. The van der Waals surface area contributed by atoms with Crippen LogP contribution in [0.5, 0.6) is 5.75 Å². The first kappa shape index (κ1) is 26.4. The van der Waals surface area contributed by atoms with Gasteiger partial charge in [-0.3, -0.25) is 9.88 Å². The van der Waals surface area contributed by atoms with Gasteiger partial charge < -0.3 is 10.1 Å². The topological polar surface area (TPSA) is 68.1 Å². The Balaban J connectivity index is 1.19. The van der Waals surface area contributed by atoms with Crippen molar-refractivity contribution in [3.05, 3.63) is 114 Å². The normalized spacial score (nSPS) is 18.6. The van der Waals surface area contributed by atoms with E-state index < -0.39 is 0 Å². The molecule has 0 saturated carbocycles. The first-order chi connectivity index (χ1) is 19.7. The van der Waals surface area contributed by atoms with Crippen LogP contribution in [0, 0.1) is 0 Å². The molecule has 0 aliphatic carbocycles. The Hall–Kier alpha value is -3.78. The van der Waals surface area contributed by atoms with Gasteiger partial charge in [0.2, 0.25) is 5.28 Å². The fourth-order valence-corrected chi connectivity index (χ4v) is 5.93. The average molecular weight is 553 g/mol. The van der Waals surface area contributed by atoms with Crippen molar-refractivity contribution < 1.29 is 4.74 Å². The standard InChI is InChI=1S/C32H33ClN6O/c1-23(40-31-14-8-7-13-30(31)39-32(33)36-22-37-39)38-18-16-26(20-27(38)19-24-9-3-2-4-10-24)35-21-25-15-17-34-29-12-6-5-11-28(25)29/h2-15,17,22-23,26-27,35H,16,18-21H2,1H3. The van der Waals surface area contributed by atoms with Crippen molar-refractivity contribution in [2.75, 3.05) is 6.54 Å². The number of para-hydroxylation sites is 3. The van der Waals surface area contributed by atoms with Crippen molar-refractivity contribution in [2.45, 2.75) is 51.0 Å². The molecular formula is C32H33ClN6O. The Morgan fingerprint density at radius 2 is 1.77 bits per heavy atom. The van der Waals surface area contributed by atoms with Gasteiger partial charge in [0.15, 0.2) is 0 Å². The Kier molecular flexibility index (Phi) is 8.04.